The lowest BCUT2D eigenvalue weighted by Crippen LogP contribution is -2.12. The van der Waals surface area contributed by atoms with Gasteiger partial charge in [-0.2, -0.15) is 13.2 Å². The molecule has 0 unspecified atom stereocenters. The minimum Gasteiger partial charge on any atom is -0.329 e. The zero-order valence-corrected chi connectivity index (χ0v) is 10.2. The fourth-order valence-corrected chi connectivity index (χ4v) is 1.59. The van der Waals surface area contributed by atoms with Crippen LogP contribution in [0.4, 0.5) is 13.2 Å². The van der Waals surface area contributed by atoms with Gasteiger partial charge in [0.1, 0.15) is 17.2 Å². The van der Waals surface area contributed by atoms with E-state index in [0.717, 1.165) is 12.3 Å². The summed E-state index contributed by atoms with van der Waals surface area (Å²) >= 11 is 0. The maximum absolute atomic E-state index is 12.5. The van der Waals surface area contributed by atoms with Gasteiger partial charge in [-0.1, -0.05) is 0 Å². The molecule has 2 aromatic rings. The van der Waals surface area contributed by atoms with Crippen LogP contribution >= 0.6 is 0 Å². The number of alkyl halides is 3. The predicted octanol–water partition coefficient (Wildman–Crippen LogP) is 2.37. The maximum Gasteiger partial charge on any atom is 0.433 e. The molecular formula is C12H10F3N3O. The average Bonchev–Trinajstić information content (AvgIpc) is 2.68. The zero-order valence-electron chi connectivity index (χ0n) is 10.2. The van der Waals surface area contributed by atoms with Crippen molar-refractivity contribution in [2.45, 2.75) is 13.1 Å². The summed E-state index contributed by atoms with van der Waals surface area (Å²) < 4.78 is 39.1. The van der Waals surface area contributed by atoms with Gasteiger partial charge < -0.3 is 4.57 Å². The Labute approximate surface area is 106 Å². The van der Waals surface area contributed by atoms with E-state index in [4.69, 9.17) is 0 Å². The molecule has 4 nitrogen and oxygen atoms in total. The number of hydrogen-bond donors (Lipinski definition) is 0. The molecule has 19 heavy (non-hydrogen) atoms. The molecule has 0 N–H and O–H groups in total. The summed E-state index contributed by atoms with van der Waals surface area (Å²) in [6, 6.07) is 1.99. The van der Waals surface area contributed by atoms with Crippen molar-refractivity contribution >= 4 is 5.78 Å². The number of hydrogen-bond acceptors (Lipinski definition) is 3. The van der Waals surface area contributed by atoms with Gasteiger partial charge in [-0.25, -0.2) is 4.98 Å². The molecule has 0 aromatic carbocycles. The van der Waals surface area contributed by atoms with E-state index in [9.17, 15) is 18.0 Å². The van der Waals surface area contributed by atoms with E-state index >= 15 is 0 Å². The first-order valence-corrected chi connectivity index (χ1v) is 5.37. The van der Waals surface area contributed by atoms with Gasteiger partial charge in [-0.05, 0) is 19.1 Å². The van der Waals surface area contributed by atoms with E-state index in [2.05, 4.69) is 9.97 Å². The maximum atomic E-state index is 12.5. The number of aromatic nitrogens is 3. The summed E-state index contributed by atoms with van der Waals surface area (Å²) in [6.07, 6.45) is -2.26. The molecule has 0 bridgehead atoms. The monoisotopic (exact) mass is 269 g/mol. The second kappa shape index (κ2) is 4.49. The van der Waals surface area contributed by atoms with E-state index in [1.165, 1.54) is 16.8 Å². The van der Waals surface area contributed by atoms with Crippen molar-refractivity contribution < 1.29 is 18.0 Å². The van der Waals surface area contributed by atoms with Gasteiger partial charge >= 0.3 is 6.18 Å². The van der Waals surface area contributed by atoms with Crippen LogP contribution in [0.3, 0.4) is 0 Å². The zero-order chi connectivity index (χ0) is 14.2. The van der Waals surface area contributed by atoms with E-state index in [-0.39, 0.29) is 11.3 Å². The van der Waals surface area contributed by atoms with Gasteiger partial charge in [0.2, 0.25) is 5.78 Å². The third-order valence-electron chi connectivity index (χ3n) is 2.77. The lowest BCUT2D eigenvalue weighted by molar-refractivity contribution is -0.141. The van der Waals surface area contributed by atoms with Crippen molar-refractivity contribution in [3.63, 3.8) is 0 Å². The van der Waals surface area contributed by atoms with Gasteiger partial charge in [0.25, 0.3) is 0 Å². The Hall–Kier alpha value is -2.18. The van der Waals surface area contributed by atoms with Crippen LogP contribution in [0.5, 0.6) is 0 Å². The van der Waals surface area contributed by atoms with E-state index in [1.807, 2.05) is 0 Å². The van der Waals surface area contributed by atoms with Gasteiger partial charge in [-0.15, -0.1) is 0 Å². The fourth-order valence-electron chi connectivity index (χ4n) is 1.59. The predicted molar refractivity (Wildman–Crippen MR) is 60.6 cm³/mol. The smallest absolute Gasteiger partial charge is 0.329 e. The van der Waals surface area contributed by atoms with E-state index in [1.54, 1.807) is 14.0 Å². The normalized spacial score (nSPS) is 11.6. The van der Waals surface area contributed by atoms with Crippen LogP contribution in [0, 0.1) is 6.92 Å². The first-order chi connectivity index (χ1) is 8.80. The van der Waals surface area contributed by atoms with Gasteiger partial charge in [0.15, 0.2) is 0 Å². The highest BCUT2D eigenvalue weighted by Gasteiger charge is 2.33. The number of ketones is 1. The molecule has 7 heteroatoms. The van der Waals surface area contributed by atoms with Crippen molar-refractivity contribution in [2.75, 3.05) is 0 Å². The van der Waals surface area contributed by atoms with Crippen LogP contribution in [0.2, 0.25) is 0 Å². The quantitative estimate of drug-likeness (QED) is 0.786. The number of imidazole rings is 1. The fraction of sp³-hybridized carbons (Fsp3) is 0.250. The number of aryl methyl sites for hydroxylation is 1. The first-order valence-electron chi connectivity index (χ1n) is 5.37. The SMILES string of the molecule is Cc1ncc(C(=O)c2ccnc(C(F)(F)F)c2)n1C. The Kier molecular flexibility index (Phi) is 3.13. The molecular weight excluding hydrogens is 259 g/mol. The van der Waals surface area contributed by atoms with Crippen molar-refractivity contribution in [3.05, 3.63) is 47.3 Å². The molecule has 100 valence electrons. The molecule has 0 atom stereocenters. The van der Waals surface area contributed by atoms with Crippen molar-refractivity contribution in [1.82, 2.24) is 14.5 Å². The van der Waals surface area contributed by atoms with Crippen LogP contribution in [-0.4, -0.2) is 20.3 Å². The highest BCUT2D eigenvalue weighted by molar-refractivity contribution is 6.07. The van der Waals surface area contributed by atoms with Gasteiger partial charge in [-0.3, -0.25) is 9.78 Å². The lowest BCUT2D eigenvalue weighted by atomic mass is 10.1. The molecule has 2 rings (SSSR count). The summed E-state index contributed by atoms with van der Waals surface area (Å²) in [7, 11) is 1.63. The summed E-state index contributed by atoms with van der Waals surface area (Å²) in [5.41, 5.74) is -0.917. The molecule has 0 amide bonds. The number of carbonyl (C=O) groups is 1. The van der Waals surface area contributed by atoms with Crippen LogP contribution in [0.25, 0.3) is 0 Å². The molecule has 0 aliphatic rings. The van der Waals surface area contributed by atoms with Gasteiger partial charge in [0.05, 0.1) is 6.20 Å². The third kappa shape index (κ3) is 2.49. The Bertz CT molecular complexity index is 631. The van der Waals surface area contributed by atoms with Crippen LogP contribution < -0.4 is 0 Å². The topological polar surface area (TPSA) is 47.8 Å². The van der Waals surface area contributed by atoms with Crippen LogP contribution in [-0.2, 0) is 13.2 Å². The molecule has 0 saturated heterocycles. The average molecular weight is 269 g/mol. The summed E-state index contributed by atoms with van der Waals surface area (Å²) in [4.78, 5) is 19.3. The molecule has 2 aromatic heterocycles. The number of carbonyl (C=O) groups excluding carboxylic acids is 1. The number of pyridine rings is 1. The summed E-state index contributed by atoms with van der Waals surface area (Å²) in [5.74, 6) is 0.0875. The minimum absolute atomic E-state index is 0.0645. The van der Waals surface area contributed by atoms with Crippen molar-refractivity contribution in [2.24, 2.45) is 7.05 Å². The Morgan fingerprint density at radius 2 is 2.00 bits per heavy atom. The molecule has 0 aliphatic heterocycles. The third-order valence-corrected chi connectivity index (χ3v) is 2.77. The Morgan fingerprint density at radius 3 is 2.53 bits per heavy atom. The number of rotatable bonds is 2. The van der Waals surface area contributed by atoms with E-state index in [0.29, 0.717) is 5.82 Å². The van der Waals surface area contributed by atoms with Crippen molar-refractivity contribution in [3.8, 4) is 0 Å². The van der Waals surface area contributed by atoms with Crippen LogP contribution in [0.1, 0.15) is 27.6 Å². The summed E-state index contributed by atoms with van der Waals surface area (Å²) in [5, 5.41) is 0. The Morgan fingerprint density at radius 1 is 1.32 bits per heavy atom. The highest BCUT2D eigenvalue weighted by Crippen LogP contribution is 2.28. The van der Waals surface area contributed by atoms with Crippen molar-refractivity contribution in [1.29, 1.82) is 0 Å². The number of halogens is 3. The molecule has 2 heterocycles. The molecule has 0 radical (unpaired) electrons. The highest BCUT2D eigenvalue weighted by atomic mass is 19.4. The largest absolute Gasteiger partial charge is 0.433 e. The summed E-state index contributed by atoms with van der Waals surface area (Å²) in [6.45, 7) is 1.70. The Balaban J connectivity index is 2.43. The first kappa shape index (κ1) is 13.3. The molecule has 0 aliphatic carbocycles. The second-order valence-corrected chi connectivity index (χ2v) is 4.01. The molecule has 0 fully saturated rings. The molecule has 0 saturated carbocycles. The minimum atomic E-state index is -4.57. The van der Waals surface area contributed by atoms with Crippen LogP contribution in [0.15, 0.2) is 24.5 Å². The lowest BCUT2D eigenvalue weighted by Gasteiger charge is -2.07. The van der Waals surface area contributed by atoms with E-state index < -0.39 is 17.7 Å². The standard InChI is InChI=1S/C12H10F3N3O/c1-7-17-6-9(18(7)2)11(19)8-3-4-16-10(5-8)12(13,14)15/h3-6H,1-2H3. The molecule has 0 spiro atoms. The number of nitrogens with zero attached hydrogens (tertiary/aromatic N) is 3. The second-order valence-electron chi connectivity index (χ2n) is 4.01. The van der Waals surface area contributed by atoms with Gasteiger partial charge in [0, 0.05) is 18.8 Å².